The van der Waals surface area contributed by atoms with Crippen LogP contribution in [0, 0.1) is 5.41 Å². The van der Waals surface area contributed by atoms with E-state index in [-0.39, 0.29) is 5.41 Å². The first kappa shape index (κ1) is 8.41. The second kappa shape index (κ2) is 2.42. The van der Waals surface area contributed by atoms with Gasteiger partial charge in [-0.1, -0.05) is 13.8 Å². The van der Waals surface area contributed by atoms with E-state index in [0.29, 0.717) is 13.2 Å². The Bertz CT molecular complexity index is 105. The summed E-state index contributed by atoms with van der Waals surface area (Å²) in [7, 11) is -2.42. The summed E-state index contributed by atoms with van der Waals surface area (Å²) in [4.78, 5) is 9.27. The Balaban J connectivity index is 2.46. The molecule has 0 aromatic heterocycles. The van der Waals surface area contributed by atoms with E-state index in [1.807, 2.05) is 13.8 Å². The molecule has 0 saturated carbocycles. The van der Waals surface area contributed by atoms with Gasteiger partial charge in [0.1, 0.15) is 19.9 Å². The Hall–Kier alpha value is 0.310. The van der Waals surface area contributed by atoms with Crippen molar-refractivity contribution in [2.75, 3.05) is 19.9 Å². The summed E-state index contributed by atoms with van der Waals surface area (Å²) in [5.74, 6) is 0. The van der Waals surface area contributed by atoms with Crippen molar-refractivity contribution in [1.82, 2.24) is 0 Å². The van der Waals surface area contributed by atoms with Crippen LogP contribution in [0.25, 0.3) is 0 Å². The zero-order chi connectivity index (χ0) is 7.83. The molecule has 1 heterocycles. The topological polar surface area (TPSA) is 38.7 Å². The van der Waals surface area contributed by atoms with Crippen LogP contribution < -0.4 is 0 Å². The molecule has 3 nitrogen and oxygen atoms in total. The van der Waals surface area contributed by atoms with Crippen molar-refractivity contribution in [1.29, 1.82) is 0 Å². The summed E-state index contributed by atoms with van der Waals surface area (Å²) >= 11 is 0. The van der Waals surface area contributed by atoms with Crippen molar-refractivity contribution in [3.8, 4) is 0 Å². The summed E-state index contributed by atoms with van der Waals surface area (Å²) < 4.78 is 10.2. The molecule has 0 spiro atoms. The predicted octanol–water partition coefficient (Wildman–Crippen LogP) is 1.44. The lowest BCUT2D eigenvalue weighted by Crippen LogP contribution is -2.30. The van der Waals surface area contributed by atoms with Crippen molar-refractivity contribution in [3.05, 3.63) is 0 Å². The van der Waals surface area contributed by atoms with Crippen LogP contribution in [-0.2, 0) is 9.05 Å². The fraction of sp³-hybridized carbons (Fsp3) is 1.00. The molecule has 0 amide bonds. The average molecular weight is 165 g/mol. The Labute approximate surface area is 61.9 Å². The first-order valence-electron chi connectivity index (χ1n) is 3.30. The first-order chi connectivity index (χ1) is 4.41. The van der Waals surface area contributed by atoms with Crippen LogP contribution in [0.3, 0.4) is 0 Å². The summed E-state index contributed by atoms with van der Waals surface area (Å²) in [6.07, 6.45) is 0. The maximum absolute atomic E-state index is 9.27. The van der Waals surface area contributed by atoms with Gasteiger partial charge in [0, 0.05) is 5.41 Å². The van der Waals surface area contributed by atoms with Gasteiger partial charge in [-0.05, 0) is 0 Å². The third-order valence-corrected chi connectivity index (χ3v) is 2.61. The van der Waals surface area contributed by atoms with Gasteiger partial charge in [-0.2, -0.15) is 13.9 Å². The Morgan fingerprint density at radius 3 is 2.00 bits per heavy atom. The highest BCUT2D eigenvalue weighted by Crippen LogP contribution is 2.57. The van der Waals surface area contributed by atoms with Crippen molar-refractivity contribution in [2.24, 2.45) is 5.41 Å². The highest BCUT2D eigenvalue weighted by Gasteiger charge is 2.43. The average Bonchev–Trinajstić information content (AvgIpc) is 1.79. The van der Waals surface area contributed by atoms with Crippen LogP contribution in [0.2, 0.25) is 0 Å². The van der Waals surface area contributed by atoms with Gasteiger partial charge < -0.3 is 0 Å². The molecule has 0 atom stereocenters. The maximum atomic E-state index is 9.27. The molecule has 1 aliphatic rings. The van der Waals surface area contributed by atoms with Crippen molar-refractivity contribution < 1.29 is 13.9 Å². The second-order valence-corrected chi connectivity index (χ2v) is 5.64. The van der Waals surface area contributed by atoms with Crippen LogP contribution in [0.15, 0.2) is 0 Å². The first-order valence-corrected chi connectivity index (χ1v) is 5.32. The summed E-state index contributed by atoms with van der Waals surface area (Å²) in [6, 6.07) is 0. The Kier molecular flexibility index (Phi) is 2.03. The smallest absolute Gasteiger partial charge is 0.193 e. The molecular formula is C6H14O3P+. The molecule has 1 fully saturated rings. The van der Waals surface area contributed by atoms with Gasteiger partial charge in [0.2, 0.25) is 0 Å². The molecule has 0 unspecified atom stereocenters. The lowest BCUT2D eigenvalue weighted by atomic mass is 9.97. The molecule has 60 valence electrons. The van der Waals surface area contributed by atoms with Crippen molar-refractivity contribution in [3.63, 3.8) is 0 Å². The normalized spacial score (nSPS) is 30.0. The van der Waals surface area contributed by atoms with E-state index in [0.717, 1.165) is 0 Å². The fourth-order valence-corrected chi connectivity index (χ4v) is 1.92. The second-order valence-electron chi connectivity index (χ2n) is 3.51. The van der Waals surface area contributed by atoms with E-state index in [1.54, 1.807) is 6.66 Å². The SMILES string of the molecule is CC1(C)CO[P+](C)(O)OC1. The lowest BCUT2D eigenvalue weighted by Gasteiger charge is -2.29. The van der Waals surface area contributed by atoms with Gasteiger partial charge in [-0.15, -0.1) is 0 Å². The van der Waals surface area contributed by atoms with E-state index in [2.05, 4.69) is 0 Å². The number of rotatable bonds is 0. The zero-order valence-corrected chi connectivity index (χ0v) is 7.52. The van der Waals surface area contributed by atoms with E-state index in [9.17, 15) is 4.89 Å². The monoisotopic (exact) mass is 165 g/mol. The Morgan fingerprint density at radius 2 is 1.70 bits per heavy atom. The molecule has 1 aliphatic heterocycles. The minimum Gasteiger partial charge on any atom is -0.193 e. The number of hydrogen-bond acceptors (Lipinski definition) is 3. The molecule has 4 heteroatoms. The standard InChI is InChI=1S/C6H14O3P/c1-6(2)4-8-10(3,7)9-5-6/h7H,4-5H2,1-3H3/q+1. The van der Waals surface area contributed by atoms with Gasteiger partial charge in [-0.25, -0.2) is 0 Å². The van der Waals surface area contributed by atoms with Crippen LogP contribution in [-0.4, -0.2) is 24.8 Å². The van der Waals surface area contributed by atoms with Gasteiger partial charge in [0.05, 0.1) is 0 Å². The molecule has 1 rings (SSSR count). The van der Waals surface area contributed by atoms with E-state index in [1.165, 1.54) is 0 Å². The molecular weight excluding hydrogens is 151 g/mol. The lowest BCUT2D eigenvalue weighted by molar-refractivity contribution is 0.0284. The minimum absolute atomic E-state index is 0.0578. The summed E-state index contributed by atoms with van der Waals surface area (Å²) in [6.45, 7) is 6.89. The van der Waals surface area contributed by atoms with Gasteiger partial charge in [0.15, 0.2) is 0 Å². The predicted molar refractivity (Wildman–Crippen MR) is 40.7 cm³/mol. The van der Waals surface area contributed by atoms with Crippen LogP contribution in [0.4, 0.5) is 0 Å². The van der Waals surface area contributed by atoms with E-state index >= 15 is 0 Å². The van der Waals surface area contributed by atoms with Crippen molar-refractivity contribution >= 4 is 7.94 Å². The van der Waals surface area contributed by atoms with Crippen molar-refractivity contribution in [2.45, 2.75) is 13.8 Å². The van der Waals surface area contributed by atoms with Gasteiger partial charge >= 0.3 is 7.94 Å². The largest absolute Gasteiger partial charge is 0.405 e. The van der Waals surface area contributed by atoms with Crippen LogP contribution >= 0.6 is 7.94 Å². The molecule has 1 N–H and O–H groups in total. The van der Waals surface area contributed by atoms with Crippen LogP contribution in [0.5, 0.6) is 0 Å². The Morgan fingerprint density at radius 1 is 1.30 bits per heavy atom. The summed E-state index contributed by atoms with van der Waals surface area (Å²) in [5, 5.41) is 0. The maximum Gasteiger partial charge on any atom is 0.405 e. The molecule has 0 bridgehead atoms. The highest BCUT2D eigenvalue weighted by molar-refractivity contribution is 7.59. The third kappa shape index (κ3) is 2.17. The zero-order valence-electron chi connectivity index (χ0n) is 6.63. The molecule has 1 saturated heterocycles. The summed E-state index contributed by atoms with van der Waals surface area (Å²) in [5.41, 5.74) is 0.0578. The van der Waals surface area contributed by atoms with Crippen LogP contribution in [0.1, 0.15) is 13.8 Å². The molecule has 0 aromatic rings. The van der Waals surface area contributed by atoms with Gasteiger partial charge in [0.25, 0.3) is 0 Å². The quantitative estimate of drug-likeness (QED) is 0.552. The number of hydrogen-bond donors (Lipinski definition) is 1. The highest BCUT2D eigenvalue weighted by atomic mass is 31.2. The molecule has 0 aromatic carbocycles. The molecule has 0 radical (unpaired) electrons. The third-order valence-electron chi connectivity index (χ3n) is 1.39. The minimum atomic E-state index is -2.42. The van der Waals surface area contributed by atoms with E-state index < -0.39 is 7.94 Å². The molecule has 10 heavy (non-hydrogen) atoms. The molecule has 0 aliphatic carbocycles. The van der Waals surface area contributed by atoms with Gasteiger partial charge in [-0.3, -0.25) is 0 Å². The fourth-order valence-electron chi connectivity index (χ4n) is 0.668. The van der Waals surface area contributed by atoms with E-state index in [4.69, 9.17) is 9.05 Å².